The zero-order chi connectivity index (χ0) is 19.6. The summed E-state index contributed by atoms with van der Waals surface area (Å²) < 4.78 is 15.7. The van der Waals surface area contributed by atoms with Crippen molar-refractivity contribution in [1.29, 1.82) is 0 Å². The summed E-state index contributed by atoms with van der Waals surface area (Å²) in [6.07, 6.45) is 8.74. The number of amides is 1. The Bertz CT molecular complexity index is 665. The van der Waals surface area contributed by atoms with E-state index in [1.807, 2.05) is 11.8 Å². The van der Waals surface area contributed by atoms with Crippen LogP contribution in [-0.4, -0.2) is 50.2 Å². The summed E-state index contributed by atoms with van der Waals surface area (Å²) in [5, 5.41) is 0. The quantitative estimate of drug-likeness (QED) is 0.514. The number of hydrogen-bond acceptors (Lipinski definition) is 5. The minimum absolute atomic E-state index is 0.00103. The van der Waals surface area contributed by atoms with E-state index in [9.17, 15) is 9.59 Å². The molecular formula is C21H29NO5. The van der Waals surface area contributed by atoms with Gasteiger partial charge in [0.2, 0.25) is 0 Å². The number of esters is 1. The molecule has 6 nitrogen and oxygen atoms in total. The molecule has 0 atom stereocenters. The molecule has 0 heterocycles. The molecule has 0 bridgehead atoms. The summed E-state index contributed by atoms with van der Waals surface area (Å²) in [7, 11) is 2.87. The highest BCUT2D eigenvalue weighted by Crippen LogP contribution is 2.29. The molecule has 0 radical (unpaired) electrons. The van der Waals surface area contributed by atoms with E-state index in [-0.39, 0.29) is 12.5 Å². The number of methoxy groups -OCH3 is 2. The maximum absolute atomic E-state index is 12.6. The van der Waals surface area contributed by atoms with E-state index in [0.29, 0.717) is 24.1 Å². The standard InChI is InChI=1S/C21H29NO5/c1-4-22(17-8-6-5-7-9-17)20(23)15-27-18-12-10-16(14-19(18)25-2)11-13-21(24)26-3/h10-14,17H,4-9,15H2,1-3H3/b13-11+. The fourth-order valence-corrected chi connectivity index (χ4v) is 3.39. The van der Waals surface area contributed by atoms with Crippen LogP contribution < -0.4 is 9.47 Å². The third-order valence-corrected chi connectivity index (χ3v) is 4.83. The van der Waals surface area contributed by atoms with E-state index < -0.39 is 5.97 Å². The molecule has 0 saturated heterocycles. The highest BCUT2D eigenvalue weighted by molar-refractivity contribution is 5.87. The number of carbonyl (C=O) groups is 2. The summed E-state index contributed by atoms with van der Waals surface area (Å²) in [6, 6.07) is 5.60. The van der Waals surface area contributed by atoms with Gasteiger partial charge in [0.05, 0.1) is 14.2 Å². The fraction of sp³-hybridized carbons (Fsp3) is 0.524. The second kappa shape index (κ2) is 10.6. The summed E-state index contributed by atoms with van der Waals surface area (Å²) >= 11 is 0. The normalized spacial score (nSPS) is 14.8. The number of nitrogens with zero attached hydrogens (tertiary/aromatic N) is 1. The average Bonchev–Trinajstić information content (AvgIpc) is 2.71. The lowest BCUT2D eigenvalue weighted by Gasteiger charge is -2.33. The molecule has 1 aliphatic carbocycles. The van der Waals surface area contributed by atoms with Gasteiger partial charge in [-0.05, 0) is 43.5 Å². The van der Waals surface area contributed by atoms with Gasteiger partial charge in [-0.15, -0.1) is 0 Å². The largest absolute Gasteiger partial charge is 0.493 e. The Morgan fingerprint density at radius 2 is 1.89 bits per heavy atom. The van der Waals surface area contributed by atoms with Gasteiger partial charge in [-0.2, -0.15) is 0 Å². The third-order valence-electron chi connectivity index (χ3n) is 4.83. The minimum atomic E-state index is -0.428. The van der Waals surface area contributed by atoms with Gasteiger partial charge in [0.1, 0.15) is 0 Å². The number of ether oxygens (including phenoxy) is 3. The predicted molar refractivity (Wildman–Crippen MR) is 104 cm³/mol. The van der Waals surface area contributed by atoms with Crippen molar-refractivity contribution < 1.29 is 23.8 Å². The number of hydrogen-bond donors (Lipinski definition) is 0. The van der Waals surface area contributed by atoms with Crippen LogP contribution in [0, 0.1) is 0 Å². The lowest BCUT2D eigenvalue weighted by molar-refractivity contribution is -0.136. The molecule has 1 fully saturated rings. The van der Waals surface area contributed by atoms with Crippen molar-refractivity contribution in [3.63, 3.8) is 0 Å². The molecule has 1 aliphatic rings. The van der Waals surface area contributed by atoms with Crippen LogP contribution in [0.5, 0.6) is 11.5 Å². The van der Waals surface area contributed by atoms with Crippen LogP contribution in [0.25, 0.3) is 6.08 Å². The van der Waals surface area contributed by atoms with Crippen LogP contribution in [0.3, 0.4) is 0 Å². The van der Waals surface area contributed by atoms with Gasteiger partial charge in [0.15, 0.2) is 18.1 Å². The Kier molecular flexibility index (Phi) is 8.17. The SMILES string of the molecule is CCN(C(=O)COc1ccc(/C=C/C(=O)OC)cc1OC)C1CCCCC1. The molecule has 1 saturated carbocycles. The molecular weight excluding hydrogens is 346 g/mol. The topological polar surface area (TPSA) is 65.1 Å². The molecule has 1 aromatic carbocycles. The number of carbonyl (C=O) groups excluding carboxylic acids is 2. The molecule has 27 heavy (non-hydrogen) atoms. The molecule has 1 aromatic rings. The Balaban J connectivity index is 2.00. The first-order valence-electron chi connectivity index (χ1n) is 9.45. The Hall–Kier alpha value is -2.50. The zero-order valence-electron chi connectivity index (χ0n) is 16.4. The maximum atomic E-state index is 12.6. The second-order valence-electron chi connectivity index (χ2n) is 6.53. The van der Waals surface area contributed by atoms with Gasteiger partial charge in [-0.1, -0.05) is 25.3 Å². The average molecular weight is 375 g/mol. The molecule has 6 heteroatoms. The highest BCUT2D eigenvalue weighted by atomic mass is 16.5. The maximum Gasteiger partial charge on any atom is 0.330 e. The molecule has 0 N–H and O–H groups in total. The van der Waals surface area contributed by atoms with Crippen molar-refractivity contribution >= 4 is 18.0 Å². The van der Waals surface area contributed by atoms with Crippen LogP contribution in [0.2, 0.25) is 0 Å². The first kappa shape index (κ1) is 20.8. The van der Waals surface area contributed by atoms with Crippen LogP contribution in [-0.2, 0) is 14.3 Å². The first-order chi connectivity index (χ1) is 13.1. The van der Waals surface area contributed by atoms with Gasteiger partial charge in [0.25, 0.3) is 5.91 Å². The molecule has 2 rings (SSSR count). The van der Waals surface area contributed by atoms with Crippen LogP contribution >= 0.6 is 0 Å². The number of rotatable bonds is 8. The van der Waals surface area contributed by atoms with E-state index in [1.165, 1.54) is 39.6 Å². The zero-order valence-corrected chi connectivity index (χ0v) is 16.4. The minimum Gasteiger partial charge on any atom is -0.493 e. The van der Waals surface area contributed by atoms with Gasteiger partial charge in [-0.25, -0.2) is 4.79 Å². The van der Waals surface area contributed by atoms with E-state index in [1.54, 1.807) is 24.3 Å². The molecule has 0 aromatic heterocycles. The molecule has 0 unspecified atom stereocenters. The van der Waals surface area contributed by atoms with Crippen molar-refractivity contribution in [2.45, 2.75) is 45.1 Å². The lowest BCUT2D eigenvalue weighted by Crippen LogP contribution is -2.43. The van der Waals surface area contributed by atoms with Gasteiger partial charge in [0, 0.05) is 18.7 Å². The van der Waals surface area contributed by atoms with E-state index in [2.05, 4.69) is 4.74 Å². The van der Waals surface area contributed by atoms with Crippen molar-refractivity contribution in [3.05, 3.63) is 29.8 Å². The van der Waals surface area contributed by atoms with Crippen molar-refractivity contribution in [3.8, 4) is 11.5 Å². The highest BCUT2D eigenvalue weighted by Gasteiger charge is 2.24. The van der Waals surface area contributed by atoms with Gasteiger partial charge >= 0.3 is 5.97 Å². The summed E-state index contributed by atoms with van der Waals surface area (Å²) in [5.74, 6) is 0.583. The number of benzene rings is 1. The Labute approximate surface area is 161 Å². The lowest BCUT2D eigenvalue weighted by atomic mass is 9.94. The first-order valence-corrected chi connectivity index (χ1v) is 9.45. The van der Waals surface area contributed by atoms with Crippen LogP contribution in [0.4, 0.5) is 0 Å². The molecule has 148 valence electrons. The van der Waals surface area contributed by atoms with Crippen molar-refractivity contribution in [1.82, 2.24) is 4.90 Å². The van der Waals surface area contributed by atoms with Crippen LogP contribution in [0.1, 0.15) is 44.6 Å². The predicted octanol–water partition coefficient (Wildman–Crippen LogP) is 3.44. The summed E-state index contributed by atoms with van der Waals surface area (Å²) in [6.45, 7) is 2.69. The van der Waals surface area contributed by atoms with E-state index >= 15 is 0 Å². The summed E-state index contributed by atoms with van der Waals surface area (Å²) in [4.78, 5) is 25.8. The molecule has 1 amide bonds. The second-order valence-corrected chi connectivity index (χ2v) is 6.53. The van der Waals surface area contributed by atoms with Gasteiger partial charge < -0.3 is 19.1 Å². The monoisotopic (exact) mass is 375 g/mol. The van der Waals surface area contributed by atoms with Crippen molar-refractivity contribution in [2.24, 2.45) is 0 Å². The Morgan fingerprint density at radius 1 is 1.15 bits per heavy atom. The summed E-state index contributed by atoms with van der Waals surface area (Å²) in [5.41, 5.74) is 0.772. The van der Waals surface area contributed by atoms with E-state index in [4.69, 9.17) is 9.47 Å². The van der Waals surface area contributed by atoms with Crippen molar-refractivity contribution in [2.75, 3.05) is 27.4 Å². The Morgan fingerprint density at radius 3 is 2.52 bits per heavy atom. The van der Waals surface area contributed by atoms with Crippen LogP contribution in [0.15, 0.2) is 24.3 Å². The fourth-order valence-electron chi connectivity index (χ4n) is 3.39. The third kappa shape index (κ3) is 6.01. The van der Waals surface area contributed by atoms with Gasteiger partial charge in [-0.3, -0.25) is 4.79 Å². The molecule has 0 spiro atoms. The van der Waals surface area contributed by atoms with E-state index in [0.717, 1.165) is 18.4 Å². The number of likely N-dealkylation sites (N-methyl/N-ethyl adjacent to an activating group) is 1. The molecule has 0 aliphatic heterocycles. The smallest absolute Gasteiger partial charge is 0.330 e.